The summed E-state index contributed by atoms with van der Waals surface area (Å²) in [6.07, 6.45) is 1.90. The average molecular weight is 1110 g/mol. The van der Waals surface area contributed by atoms with Crippen molar-refractivity contribution in [2.45, 2.75) is 78.6 Å². The van der Waals surface area contributed by atoms with Gasteiger partial charge in [-0.1, -0.05) is 219 Å². The summed E-state index contributed by atoms with van der Waals surface area (Å²) >= 11 is 0. The van der Waals surface area contributed by atoms with Crippen molar-refractivity contribution in [2.24, 2.45) is 0 Å². The molecule has 0 spiro atoms. The quantitative estimate of drug-likeness (QED) is 0.154. The van der Waals surface area contributed by atoms with E-state index < -0.39 is 0 Å². The Morgan fingerprint density at radius 2 is 0.986 bits per heavy atom. The molecule has 5 heteroatoms. The van der Waals surface area contributed by atoms with Gasteiger partial charge in [-0.25, -0.2) is 4.98 Å². The van der Waals surface area contributed by atoms with Crippen LogP contribution >= 0.6 is 0 Å². The number of nitrogens with zero attached hydrogens (tertiary/aromatic N) is 3. The molecular weight excluding hydrogens is 1050 g/mol. The molecule has 1 N–H and O–H groups in total. The fraction of sp³-hybridized carbons (Fsp3) is 0.182. The van der Waals surface area contributed by atoms with Crippen LogP contribution in [0.5, 0.6) is 5.75 Å². The van der Waals surface area contributed by atoms with Gasteiger partial charge >= 0.3 is 0 Å². The smallest absolute Gasteiger partial charge is 0.148 e. The summed E-state index contributed by atoms with van der Waals surface area (Å²) in [6, 6.07) is 70.5. The monoisotopic (exact) mass is 1110 g/mol. The van der Waals surface area contributed by atoms with Crippen molar-refractivity contribution < 1.29 is 26.2 Å². The number of phenols is 1. The van der Waals surface area contributed by atoms with Crippen molar-refractivity contribution in [3.8, 4) is 89.7 Å². The number of para-hydroxylation sites is 1. The van der Waals surface area contributed by atoms with Gasteiger partial charge in [0.15, 0.2) is 0 Å². The summed E-state index contributed by atoms with van der Waals surface area (Å²) in [5.41, 5.74) is 18.4. The first-order valence-electron chi connectivity index (χ1n) is 24.4. The molecule has 2 heterocycles. The number of aromatic nitrogens is 3. The largest absolute Gasteiger partial charge is 0.507 e. The molecule has 0 aliphatic carbocycles. The molecule has 0 saturated heterocycles. The molecule has 356 valence electrons. The summed E-state index contributed by atoms with van der Waals surface area (Å²) in [6.45, 7) is 20.0. The fourth-order valence-electron chi connectivity index (χ4n) is 9.51. The molecule has 71 heavy (non-hydrogen) atoms. The van der Waals surface area contributed by atoms with Gasteiger partial charge in [-0.2, -0.15) is 0 Å². The molecule has 0 radical (unpaired) electrons. The predicted octanol–water partition coefficient (Wildman–Crippen LogP) is 17.5. The minimum absolute atomic E-state index is 0. The third-order valence-electron chi connectivity index (χ3n) is 13.5. The predicted molar refractivity (Wildman–Crippen MR) is 294 cm³/mol. The van der Waals surface area contributed by atoms with Crippen molar-refractivity contribution in [3.63, 3.8) is 0 Å². The molecule has 0 atom stereocenters. The van der Waals surface area contributed by atoms with Gasteiger partial charge in [0.1, 0.15) is 11.6 Å². The Labute approximate surface area is 434 Å². The maximum Gasteiger partial charge on any atom is 0.148 e. The summed E-state index contributed by atoms with van der Waals surface area (Å²) < 4.78 is 2.28. The second-order valence-electron chi connectivity index (χ2n) is 21.7. The third-order valence-corrected chi connectivity index (χ3v) is 13.5. The van der Waals surface area contributed by atoms with E-state index in [1.807, 2.05) is 6.20 Å². The molecule has 0 fully saturated rings. The number of imidazole rings is 1. The van der Waals surface area contributed by atoms with E-state index in [1.54, 1.807) is 0 Å². The Morgan fingerprint density at radius 1 is 0.437 bits per heavy atom. The Hall–Kier alpha value is -7.13. The Kier molecular flexibility index (Phi) is 13.2. The van der Waals surface area contributed by atoms with Crippen LogP contribution in [0.2, 0.25) is 0 Å². The van der Waals surface area contributed by atoms with E-state index in [4.69, 9.17) is 9.97 Å². The molecule has 8 aromatic carbocycles. The molecule has 10 aromatic rings. The number of benzene rings is 8. The Balaban J connectivity index is 0.00000624. The average Bonchev–Trinajstić information content (AvgIpc) is 3.75. The summed E-state index contributed by atoms with van der Waals surface area (Å²) in [4.78, 5) is 10.7. The van der Waals surface area contributed by atoms with E-state index in [9.17, 15) is 5.11 Å². The first kappa shape index (κ1) is 48.9. The van der Waals surface area contributed by atoms with Crippen LogP contribution in [0.3, 0.4) is 0 Å². The van der Waals surface area contributed by atoms with Crippen LogP contribution in [0.1, 0.15) is 79.0 Å². The second-order valence-corrected chi connectivity index (χ2v) is 21.7. The SMILES string of the molecule is CC(C)(C)c1ccc(-n2c(-c3cc(C(C)(C)C)cc(C(C)(C)C)c3O)nc3c(-c4[c-]c(-c5cc(-c6cccc(-c7ccccc7)c6)ccn5)cc(-c5ccccc5)c4)cccc32)c(-c2ccccc2)c1.[Pt]. The molecule has 0 unspecified atom stereocenters. The van der Waals surface area contributed by atoms with Gasteiger partial charge in [0.2, 0.25) is 0 Å². The van der Waals surface area contributed by atoms with Crippen molar-refractivity contribution in [1.82, 2.24) is 14.5 Å². The molecule has 2 aromatic heterocycles. The van der Waals surface area contributed by atoms with Crippen LogP contribution in [-0.4, -0.2) is 19.6 Å². The minimum Gasteiger partial charge on any atom is -0.507 e. The van der Waals surface area contributed by atoms with Crippen LogP contribution in [0, 0.1) is 6.07 Å². The number of hydrogen-bond donors (Lipinski definition) is 1. The van der Waals surface area contributed by atoms with Crippen LogP contribution in [0.15, 0.2) is 194 Å². The number of pyridine rings is 1. The van der Waals surface area contributed by atoms with E-state index in [1.165, 1.54) is 11.1 Å². The van der Waals surface area contributed by atoms with E-state index in [0.29, 0.717) is 11.4 Å². The van der Waals surface area contributed by atoms with E-state index in [-0.39, 0.29) is 43.1 Å². The van der Waals surface area contributed by atoms with Crippen LogP contribution in [0.4, 0.5) is 0 Å². The summed E-state index contributed by atoms with van der Waals surface area (Å²) in [7, 11) is 0. The first-order chi connectivity index (χ1) is 33.5. The van der Waals surface area contributed by atoms with Gasteiger partial charge in [-0.15, -0.1) is 23.8 Å². The molecule has 0 aliphatic heterocycles. The number of hydrogen-bond acceptors (Lipinski definition) is 3. The molecule has 0 aliphatic rings. The van der Waals surface area contributed by atoms with Crippen LogP contribution < -0.4 is 0 Å². The zero-order valence-electron chi connectivity index (χ0n) is 42.1. The number of phenolic OH excluding ortho intramolecular Hbond substituents is 1. The van der Waals surface area contributed by atoms with Crippen LogP contribution in [-0.2, 0) is 37.3 Å². The van der Waals surface area contributed by atoms with Gasteiger partial charge in [0.25, 0.3) is 0 Å². The standard InChI is InChI=1S/C66H60N3O.Pt/c1-64(2,3)52-31-32-59(55(40-52)45-25-17-12-18-26-45)69-60-30-20-29-54(61(60)68-63(69)56-41-53(65(4,5)6)42-57(62(56)70)66(7,8)9)50-36-49(44-23-15-11-16-24-44)37-51(38-50)58-39-48(33-34-67-58)47-28-19-27-46(35-47)43-21-13-10-14-22-43;/h10-37,39-42,70H,1-9H3;/q-1;. The zero-order chi connectivity index (χ0) is 49.0. The van der Waals surface area contributed by atoms with E-state index in [0.717, 1.165) is 89.2 Å². The first-order valence-corrected chi connectivity index (χ1v) is 24.4. The van der Waals surface area contributed by atoms with E-state index >= 15 is 0 Å². The van der Waals surface area contributed by atoms with Crippen molar-refractivity contribution in [1.29, 1.82) is 0 Å². The van der Waals surface area contributed by atoms with E-state index in [2.05, 4.69) is 261 Å². The Bertz CT molecular complexity index is 3540. The maximum absolute atomic E-state index is 12.6. The number of rotatable bonds is 8. The van der Waals surface area contributed by atoms with Gasteiger partial charge in [0.05, 0.1) is 22.3 Å². The van der Waals surface area contributed by atoms with Gasteiger partial charge in [0, 0.05) is 44.1 Å². The topological polar surface area (TPSA) is 50.9 Å². The van der Waals surface area contributed by atoms with Gasteiger partial charge in [-0.3, -0.25) is 9.55 Å². The summed E-state index contributed by atoms with van der Waals surface area (Å²) in [5.74, 6) is 0.912. The van der Waals surface area contributed by atoms with Crippen molar-refractivity contribution in [2.75, 3.05) is 0 Å². The molecular formula is C66H60N3OPt-. The molecule has 10 rings (SSSR count). The fourth-order valence-corrected chi connectivity index (χ4v) is 9.51. The van der Waals surface area contributed by atoms with Gasteiger partial charge < -0.3 is 5.11 Å². The molecule has 0 amide bonds. The maximum atomic E-state index is 12.6. The third kappa shape index (κ3) is 9.84. The Morgan fingerprint density at radius 3 is 1.62 bits per heavy atom. The van der Waals surface area contributed by atoms with Crippen LogP contribution in [0.25, 0.3) is 95.0 Å². The second kappa shape index (κ2) is 19.2. The minimum atomic E-state index is -0.342. The number of fused-ring (bicyclic) bond motifs is 1. The van der Waals surface area contributed by atoms with Crippen molar-refractivity contribution >= 4 is 11.0 Å². The normalized spacial score (nSPS) is 12.0. The number of aromatic hydroxyl groups is 1. The van der Waals surface area contributed by atoms with Crippen molar-refractivity contribution in [3.05, 3.63) is 217 Å². The van der Waals surface area contributed by atoms with Gasteiger partial charge in [-0.05, 0) is 97.2 Å². The molecule has 0 bridgehead atoms. The molecule has 0 saturated carbocycles. The molecule has 4 nitrogen and oxygen atoms in total. The summed E-state index contributed by atoms with van der Waals surface area (Å²) in [5, 5.41) is 12.6. The zero-order valence-corrected chi connectivity index (χ0v) is 44.4.